The summed E-state index contributed by atoms with van der Waals surface area (Å²) in [6.45, 7) is 5.23. The molecule has 0 saturated carbocycles. The summed E-state index contributed by atoms with van der Waals surface area (Å²) in [5.41, 5.74) is 8.41. The van der Waals surface area contributed by atoms with Crippen LogP contribution in [0.5, 0.6) is 0 Å². The second kappa shape index (κ2) is 5.52. The molecule has 0 radical (unpaired) electrons. The van der Waals surface area contributed by atoms with Crippen molar-refractivity contribution in [3.8, 4) is 0 Å². The van der Waals surface area contributed by atoms with Crippen LogP contribution in [0.1, 0.15) is 37.3 Å². The Bertz CT molecular complexity index is 294. The van der Waals surface area contributed by atoms with Gasteiger partial charge < -0.3 is 5.73 Å². The van der Waals surface area contributed by atoms with Gasteiger partial charge in [-0.05, 0) is 48.6 Å². The van der Waals surface area contributed by atoms with Crippen molar-refractivity contribution in [2.75, 3.05) is 6.54 Å². The molecule has 0 saturated heterocycles. The molecule has 0 bridgehead atoms. The Hall–Kier alpha value is -0.340. The van der Waals surface area contributed by atoms with Crippen LogP contribution >= 0.6 is 15.9 Å². The minimum absolute atomic E-state index is 0.593. The lowest BCUT2D eigenvalue weighted by Gasteiger charge is -2.12. The Morgan fingerprint density at radius 3 is 2.64 bits per heavy atom. The predicted octanol–water partition coefficient (Wildman–Crippen LogP) is 3.46. The van der Waals surface area contributed by atoms with Crippen LogP contribution in [0.2, 0.25) is 0 Å². The van der Waals surface area contributed by atoms with Gasteiger partial charge in [-0.15, -0.1) is 0 Å². The summed E-state index contributed by atoms with van der Waals surface area (Å²) < 4.78 is 1.16. The topological polar surface area (TPSA) is 26.0 Å². The first kappa shape index (κ1) is 11.7. The number of hydrogen-bond acceptors (Lipinski definition) is 1. The van der Waals surface area contributed by atoms with E-state index in [0.717, 1.165) is 23.9 Å². The fraction of sp³-hybridized carbons (Fsp3) is 0.500. The SMILES string of the molecule is CC(C)c1ccc(Br)cc1CCCN. The average Bonchev–Trinajstić information content (AvgIpc) is 2.14. The van der Waals surface area contributed by atoms with Crippen molar-refractivity contribution in [3.63, 3.8) is 0 Å². The third-order valence-electron chi connectivity index (χ3n) is 2.38. The molecule has 0 unspecified atom stereocenters. The first-order valence-electron chi connectivity index (χ1n) is 5.13. The predicted molar refractivity (Wildman–Crippen MR) is 65.6 cm³/mol. The van der Waals surface area contributed by atoms with E-state index in [4.69, 9.17) is 5.73 Å². The first-order valence-corrected chi connectivity index (χ1v) is 5.93. The quantitative estimate of drug-likeness (QED) is 0.877. The fourth-order valence-corrected chi connectivity index (χ4v) is 2.06. The minimum Gasteiger partial charge on any atom is -0.330 e. The van der Waals surface area contributed by atoms with Gasteiger partial charge in [-0.2, -0.15) is 0 Å². The minimum atomic E-state index is 0.593. The van der Waals surface area contributed by atoms with E-state index in [-0.39, 0.29) is 0 Å². The van der Waals surface area contributed by atoms with E-state index < -0.39 is 0 Å². The molecule has 0 heterocycles. The summed E-state index contributed by atoms with van der Waals surface area (Å²) in [4.78, 5) is 0. The summed E-state index contributed by atoms with van der Waals surface area (Å²) in [6.07, 6.45) is 2.15. The summed E-state index contributed by atoms with van der Waals surface area (Å²) in [5, 5.41) is 0. The summed E-state index contributed by atoms with van der Waals surface area (Å²) >= 11 is 3.51. The number of aryl methyl sites for hydroxylation is 1. The van der Waals surface area contributed by atoms with Gasteiger partial charge in [-0.1, -0.05) is 35.8 Å². The standard InChI is InChI=1S/C12H18BrN/c1-9(2)12-6-5-11(13)8-10(12)4-3-7-14/h5-6,8-9H,3-4,7,14H2,1-2H3. The number of rotatable bonds is 4. The van der Waals surface area contributed by atoms with Crippen LogP contribution in [0, 0.1) is 0 Å². The monoisotopic (exact) mass is 255 g/mol. The van der Waals surface area contributed by atoms with Crippen molar-refractivity contribution < 1.29 is 0 Å². The van der Waals surface area contributed by atoms with Gasteiger partial charge in [-0.25, -0.2) is 0 Å². The summed E-state index contributed by atoms with van der Waals surface area (Å²) in [6, 6.07) is 6.53. The van der Waals surface area contributed by atoms with Crippen molar-refractivity contribution in [2.24, 2.45) is 5.73 Å². The van der Waals surface area contributed by atoms with E-state index in [1.54, 1.807) is 0 Å². The van der Waals surface area contributed by atoms with Crippen LogP contribution in [0.25, 0.3) is 0 Å². The molecule has 78 valence electrons. The fourth-order valence-electron chi connectivity index (χ4n) is 1.65. The Balaban J connectivity index is 2.91. The third-order valence-corrected chi connectivity index (χ3v) is 2.87. The normalized spacial score (nSPS) is 10.9. The average molecular weight is 256 g/mol. The van der Waals surface area contributed by atoms with Gasteiger partial charge in [0.2, 0.25) is 0 Å². The number of halogens is 1. The number of hydrogen-bond donors (Lipinski definition) is 1. The van der Waals surface area contributed by atoms with Crippen molar-refractivity contribution in [2.45, 2.75) is 32.6 Å². The number of benzene rings is 1. The lowest BCUT2D eigenvalue weighted by Crippen LogP contribution is -2.03. The molecule has 1 aromatic rings. The molecule has 0 aliphatic rings. The molecule has 0 fully saturated rings. The van der Waals surface area contributed by atoms with E-state index in [1.807, 2.05) is 0 Å². The molecular formula is C12H18BrN. The zero-order chi connectivity index (χ0) is 10.6. The molecule has 0 aliphatic carbocycles. The lowest BCUT2D eigenvalue weighted by atomic mass is 9.95. The molecule has 0 amide bonds. The highest BCUT2D eigenvalue weighted by molar-refractivity contribution is 9.10. The Kier molecular flexibility index (Phi) is 4.63. The van der Waals surface area contributed by atoms with Crippen LogP contribution < -0.4 is 5.73 Å². The van der Waals surface area contributed by atoms with Crippen LogP contribution in [0.4, 0.5) is 0 Å². The zero-order valence-electron chi connectivity index (χ0n) is 8.89. The van der Waals surface area contributed by atoms with E-state index in [1.165, 1.54) is 11.1 Å². The Morgan fingerprint density at radius 2 is 2.07 bits per heavy atom. The molecular weight excluding hydrogens is 238 g/mol. The smallest absolute Gasteiger partial charge is 0.0178 e. The highest BCUT2D eigenvalue weighted by Crippen LogP contribution is 2.24. The second-order valence-electron chi connectivity index (χ2n) is 3.89. The van der Waals surface area contributed by atoms with Gasteiger partial charge >= 0.3 is 0 Å². The van der Waals surface area contributed by atoms with E-state index in [2.05, 4.69) is 48.0 Å². The van der Waals surface area contributed by atoms with E-state index in [0.29, 0.717) is 5.92 Å². The van der Waals surface area contributed by atoms with E-state index in [9.17, 15) is 0 Å². The van der Waals surface area contributed by atoms with Crippen LogP contribution in [0.3, 0.4) is 0 Å². The van der Waals surface area contributed by atoms with Gasteiger partial charge in [0.05, 0.1) is 0 Å². The van der Waals surface area contributed by atoms with Crippen molar-refractivity contribution in [1.82, 2.24) is 0 Å². The highest BCUT2D eigenvalue weighted by atomic mass is 79.9. The Labute approximate surface area is 94.8 Å². The summed E-state index contributed by atoms with van der Waals surface area (Å²) in [5.74, 6) is 0.593. The highest BCUT2D eigenvalue weighted by Gasteiger charge is 2.06. The third kappa shape index (κ3) is 3.10. The van der Waals surface area contributed by atoms with Gasteiger partial charge in [-0.3, -0.25) is 0 Å². The van der Waals surface area contributed by atoms with Crippen LogP contribution in [0.15, 0.2) is 22.7 Å². The molecule has 0 aliphatic heterocycles. The molecule has 14 heavy (non-hydrogen) atoms. The van der Waals surface area contributed by atoms with Gasteiger partial charge in [0.25, 0.3) is 0 Å². The van der Waals surface area contributed by atoms with Crippen LogP contribution in [-0.2, 0) is 6.42 Å². The first-order chi connectivity index (χ1) is 6.65. The maximum Gasteiger partial charge on any atom is 0.0178 e. The summed E-state index contributed by atoms with van der Waals surface area (Å²) in [7, 11) is 0. The van der Waals surface area contributed by atoms with Gasteiger partial charge in [0.1, 0.15) is 0 Å². The maximum absolute atomic E-state index is 5.53. The molecule has 1 aromatic carbocycles. The molecule has 0 aromatic heterocycles. The molecule has 0 atom stereocenters. The number of nitrogens with two attached hydrogens (primary N) is 1. The van der Waals surface area contributed by atoms with Gasteiger partial charge in [0, 0.05) is 4.47 Å². The zero-order valence-corrected chi connectivity index (χ0v) is 10.5. The van der Waals surface area contributed by atoms with Crippen molar-refractivity contribution >= 4 is 15.9 Å². The maximum atomic E-state index is 5.53. The van der Waals surface area contributed by atoms with E-state index >= 15 is 0 Å². The molecule has 2 heteroatoms. The van der Waals surface area contributed by atoms with Crippen molar-refractivity contribution in [3.05, 3.63) is 33.8 Å². The largest absolute Gasteiger partial charge is 0.330 e. The molecule has 0 spiro atoms. The second-order valence-corrected chi connectivity index (χ2v) is 4.81. The molecule has 1 rings (SSSR count). The molecule has 2 N–H and O–H groups in total. The van der Waals surface area contributed by atoms with Gasteiger partial charge in [0.15, 0.2) is 0 Å². The lowest BCUT2D eigenvalue weighted by molar-refractivity contribution is 0.790. The Morgan fingerprint density at radius 1 is 1.36 bits per heavy atom. The van der Waals surface area contributed by atoms with Crippen molar-refractivity contribution in [1.29, 1.82) is 0 Å². The molecule has 1 nitrogen and oxygen atoms in total. The van der Waals surface area contributed by atoms with Crippen LogP contribution in [-0.4, -0.2) is 6.54 Å².